The van der Waals surface area contributed by atoms with Crippen LogP contribution in [0, 0.1) is 0 Å². The summed E-state index contributed by atoms with van der Waals surface area (Å²) in [4.78, 5) is 48.4. The zero-order chi connectivity index (χ0) is 39.8. The highest BCUT2D eigenvalue weighted by atomic mass is 32.2. The fourth-order valence-corrected chi connectivity index (χ4v) is 6.12. The third kappa shape index (κ3) is 10.4. The maximum absolute atomic E-state index is 12.8. The second-order valence-electron chi connectivity index (χ2n) is 11.2. The number of hydrogen-bond donors (Lipinski definition) is 4. The fraction of sp³-hybridized carbons (Fsp3) is 0.176. The van der Waals surface area contributed by atoms with Crippen LogP contribution in [0.15, 0.2) is 115 Å². The normalized spacial score (nSPS) is 12.9. The molecule has 0 aromatic heterocycles. The molecule has 0 saturated heterocycles. The molecule has 2 unspecified atom stereocenters. The van der Waals surface area contributed by atoms with Gasteiger partial charge in [-0.1, -0.05) is 12.1 Å². The van der Waals surface area contributed by atoms with Crippen LogP contribution in [0.3, 0.4) is 0 Å². The summed E-state index contributed by atoms with van der Waals surface area (Å²) in [5.74, 6) is -2.09. The maximum atomic E-state index is 12.8. The molecule has 4 aromatic rings. The molecule has 4 N–H and O–H groups in total. The van der Waals surface area contributed by atoms with Crippen LogP contribution in [-0.4, -0.2) is 75.6 Å². The first-order valence-corrected chi connectivity index (χ1v) is 18.2. The van der Waals surface area contributed by atoms with Crippen LogP contribution in [0.25, 0.3) is 11.1 Å². The van der Waals surface area contributed by atoms with Gasteiger partial charge in [-0.15, -0.1) is 0 Å². The summed E-state index contributed by atoms with van der Waals surface area (Å²) in [6, 6.07) is 15.0. The molecule has 4 rings (SSSR count). The molecule has 0 saturated carbocycles. The fourth-order valence-electron chi connectivity index (χ4n) is 4.67. The molecule has 2 amide bonds. The van der Waals surface area contributed by atoms with Gasteiger partial charge in [0.05, 0.1) is 25.6 Å². The Morgan fingerprint density at radius 2 is 0.907 bits per heavy atom. The molecule has 0 heterocycles. The number of benzene rings is 4. The van der Waals surface area contributed by atoms with E-state index in [0.29, 0.717) is 22.9 Å². The van der Waals surface area contributed by atoms with E-state index in [0.717, 1.165) is 50.2 Å². The van der Waals surface area contributed by atoms with E-state index in [1.807, 2.05) is 0 Å². The Morgan fingerprint density at radius 3 is 1.19 bits per heavy atom. The van der Waals surface area contributed by atoms with Crippen LogP contribution >= 0.6 is 0 Å². The number of ketones is 2. The van der Waals surface area contributed by atoms with Gasteiger partial charge >= 0.3 is 0 Å². The summed E-state index contributed by atoms with van der Waals surface area (Å²) in [5, 5.41) is 20.1. The lowest BCUT2D eigenvalue weighted by molar-refractivity contribution is -0.127. The second kappa shape index (κ2) is 17.1. The Morgan fingerprint density at radius 1 is 0.574 bits per heavy atom. The third-order valence-corrected chi connectivity index (χ3v) is 9.12. The molecular weight excluding hydrogens is 749 g/mol. The number of nitrogens with zero attached hydrogens (tertiary/aromatic N) is 4. The lowest BCUT2D eigenvalue weighted by atomic mass is 10.0. The molecular formula is C34H32N6O12S2. The summed E-state index contributed by atoms with van der Waals surface area (Å²) in [6.07, 6.45) is 0. The van der Waals surface area contributed by atoms with Crippen LogP contribution in [0.2, 0.25) is 0 Å². The lowest BCUT2D eigenvalue weighted by Gasteiger charge is -2.13. The van der Waals surface area contributed by atoms with Crippen LogP contribution in [0.4, 0.5) is 22.7 Å². The minimum absolute atomic E-state index is 0.267. The smallest absolute Gasteiger partial charge is 0.295 e. The minimum atomic E-state index is -5.13. The van der Waals surface area contributed by atoms with Gasteiger partial charge in [-0.2, -0.15) is 37.3 Å². The van der Waals surface area contributed by atoms with E-state index in [1.165, 1.54) is 38.5 Å². The number of Topliss-reactive ketones (excluding diaryl/α,β-unsaturated/α-hetero) is 2. The van der Waals surface area contributed by atoms with Gasteiger partial charge in [0.2, 0.25) is 12.1 Å². The van der Waals surface area contributed by atoms with Gasteiger partial charge in [0, 0.05) is 22.5 Å². The molecule has 54 heavy (non-hydrogen) atoms. The topological polar surface area (TPSA) is 269 Å². The Kier molecular flexibility index (Phi) is 12.8. The molecule has 0 aliphatic carbocycles. The SMILES string of the molecule is COc1ccc(NC(=O)C(N=Nc2ccc(-c3ccc(N=NC(C(C)=O)C(=O)Nc4ccc(OC)cc4)cc3S(=O)(=O)O)c(S(=O)(=O)O)c2)C(C)=O)cc1. The number of nitrogens with one attached hydrogen (secondary N) is 2. The van der Waals surface area contributed by atoms with Crippen molar-refractivity contribution in [2.75, 3.05) is 24.9 Å². The number of amides is 2. The highest BCUT2D eigenvalue weighted by molar-refractivity contribution is 7.86. The van der Waals surface area contributed by atoms with Gasteiger partial charge in [-0.05, 0) is 86.6 Å². The van der Waals surface area contributed by atoms with Crippen molar-refractivity contribution in [2.24, 2.45) is 20.5 Å². The molecule has 0 fully saturated rings. The van der Waals surface area contributed by atoms with Gasteiger partial charge in [0.1, 0.15) is 21.3 Å². The maximum Gasteiger partial charge on any atom is 0.295 e. The third-order valence-electron chi connectivity index (χ3n) is 7.34. The number of hydrogen-bond acceptors (Lipinski definition) is 14. The Balaban J connectivity index is 1.65. The molecule has 0 aliphatic rings. The van der Waals surface area contributed by atoms with Gasteiger partial charge in [-0.25, -0.2) is 0 Å². The number of ether oxygens (including phenoxy) is 2. The number of rotatable bonds is 15. The lowest BCUT2D eigenvalue weighted by Crippen LogP contribution is -2.31. The van der Waals surface area contributed by atoms with E-state index < -0.39 is 76.6 Å². The average Bonchev–Trinajstić information content (AvgIpc) is 3.11. The molecule has 0 radical (unpaired) electrons. The average molecular weight is 781 g/mol. The summed E-state index contributed by atoms with van der Waals surface area (Å²) < 4.78 is 80.4. The number of carbonyl (C=O) groups excluding carboxylic acids is 4. The summed E-state index contributed by atoms with van der Waals surface area (Å²) in [5.41, 5.74) is -0.747. The van der Waals surface area contributed by atoms with Crippen molar-refractivity contribution < 1.29 is 54.6 Å². The van der Waals surface area contributed by atoms with Gasteiger partial charge in [0.25, 0.3) is 32.1 Å². The number of carbonyl (C=O) groups is 4. The van der Waals surface area contributed by atoms with E-state index in [4.69, 9.17) is 9.47 Å². The van der Waals surface area contributed by atoms with Gasteiger partial charge in [0.15, 0.2) is 11.6 Å². The molecule has 282 valence electrons. The van der Waals surface area contributed by atoms with E-state index in [-0.39, 0.29) is 11.4 Å². The van der Waals surface area contributed by atoms with E-state index in [1.54, 1.807) is 24.3 Å². The van der Waals surface area contributed by atoms with Crippen LogP contribution in [-0.2, 0) is 39.4 Å². The van der Waals surface area contributed by atoms with Crippen molar-refractivity contribution in [1.29, 1.82) is 0 Å². The van der Waals surface area contributed by atoms with Crippen LogP contribution in [0.5, 0.6) is 11.5 Å². The minimum Gasteiger partial charge on any atom is -0.497 e. The number of methoxy groups -OCH3 is 2. The van der Waals surface area contributed by atoms with Crippen molar-refractivity contribution in [3.05, 3.63) is 84.9 Å². The van der Waals surface area contributed by atoms with Crippen molar-refractivity contribution in [3.8, 4) is 22.6 Å². The first-order valence-electron chi connectivity index (χ1n) is 15.4. The zero-order valence-corrected chi connectivity index (χ0v) is 30.5. The Hall–Kier alpha value is -6.22. The molecule has 20 heteroatoms. The predicted octanol–water partition coefficient (Wildman–Crippen LogP) is 5.22. The summed E-state index contributed by atoms with van der Waals surface area (Å²) >= 11 is 0. The summed E-state index contributed by atoms with van der Waals surface area (Å²) in [6.45, 7) is 2.17. The first kappa shape index (κ1) is 40.5. The molecule has 0 bridgehead atoms. The molecule has 0 aliphatic heterocycles. The highest BCUT2D eigenvalue weighted by Gasteiger charge is 2.27. The summed E-state index contributed by atoms with van der Waals surface area (Å²) in [7, 11) is -7.34. The highest BCUT2D eigenvalue weighted by Crippen LogP contribution is 2.37. The largest absolute Gasteiger partial charge is 0.497 e. The van der Waals surface area contributed by atoms with Gasteiger partial charge < -0.3 is 20.1 Å². The van der Waals surface area contributed by atoms with E-state index >= 15 is 0 Å². The van der Waals surface area contributed by atoms with E-state index in [9.17, 15) is 45.1 Å². The number of azo groups is 2. The first-order chi connectivity index (χ1) is 25.4. The molecule has 18 nitrogen and oxygen atoms in total. The van der Waals surface area contributed by atoms with Gasteiger partial charge in [-0.3, -0.25) is 28.3 Å². The monoisotopic (exact) mass is 780 g/mol. The van der Waals surface area contributed by atoms with E-state index in [2.05, 4.69) is 31.1 Å². The molecule has 2 atom stereocenters. The Labute approximate surface area is 308 Å². The molecule has 0 spiro atoms. The van der Waals surface area contributed by atoms with Crippen molar-refractivity contribution >= 4 is 66.4 Å². The Bertz CT molecular complexity index is 2200. The quantitative estimate of drug-likeness (QED) is 0.0687. The van der Waals surface area contributed by atoms with Crippen molar-refractivity contribution in [3.63, 3.8) is 0 Å². The second-order valence-corrected chi connectivity index (χ2v) is 14.0. The predicted molar refractivity (Wildman–Crippen MR) is 193 cm³/mol. The van der Waals surface area contributed by atoms with Crippen molar-refractivity contribution in [2.45, 2.75) is 35.7 Å². The zero-order valence-electron chi connectivity index (χ0n) is 28.8. The standard InChI is InChI=1S/C34H32N6O12S2/c1-19(41)31(33(43)35-21-5-11-25(51-3)12-6-21)39-37-23-9-15-27(29(17-23)53(45,46)47)28-16-10-24(18-30(28)54(48,49)50)38-40-32(20(2)42)34(44)36-22-7-13-26(52-4)14-8-22/h5-18,31-32H,1-4H3,(H,35,43)(H,36,44)(H,45,46,47)(H,48,49,50). The van der Waals surface area contributed by atoms with Crippen molar-refractivity contribution in [1.82, 2.24) is 0 Å². The molecule has 4 aromatic carbocycles. The number of anilines is 2. The van der Waals surface area contributed by atoms with Crippen LogP contribution < -0.4 is 20.1 Å². The van der Waals surface area contributed by atoms with Crippen LogP contribution in [0.1, 0.15) is 13.8 Å².